The van der Waals surface area contributed by atoms with Crippen LogP contribution in [-0.2, 0) is 29.5 Å². The number of hydrogen-bond donors (Lipinski definition) is 1. The molecule has 1 amide bonds. The number of amides is 1. The third kappa shape index (κ3) is 4.41. The minimum Gasteiger partial charge on any atom is -0.383 e. The molecule has 2 aromatic carbocycles. The first kappa shape index (κ1) is 22.1. The van der Waals surface area contributed by atoms with Crippen molar-refractivity contribution in [2.45, 2.75) is 39.3 Å². The average Bonchev–Trinajstić information content (AvgIpc) is 3.32. The average molecular weight is 433 g/mol. The van der Waals surface area contributed by atoms with Crippen LogP contribution < -0.4 is 5.32 Å². The third-order valence-corrected chi connectivity index (χ3v) is 6.11. The van der Waals surface area contributed by atoms with Crippen molar-refractivity contribution in [2.75, 3.05) is 13.7 Å². The van der Waals surface area contributed by atoms with E-state index in [0.717, 1.165) is 23.4 Å². The molecule has 2 heterocycles. The van der Waals surface area contributed by atoms with Gasteiger partial charge in [-0.15, -0.1) is 0 Å². The van der Waals surface area contributed by atoms with E-state index < -0.39 is 0 Å². The van der Waals surface area contributed by atoms with Crippen molar-refractivity contribution in [2.24, 2.45) is 13.0 Å². The Labute approximate surface area is 189 Å². The molecular formula is C26H32N4O2. The molecule has 0 aliphatic rings. The molecule has 0 aliphatic heterocycles. The first-order chi connectivity index (χ1) is 15.5. The molecular weight excluding hydrogens is 400 g/mol. The summed E-state index contributed by atoms with van der Waals surface area (Å²) in [6, 6.07) is 16.3. The largest absolute Gasteiger partial charge is 0.383 e. The smallest absolute Gasteiger partial charge is 0.220 e. The second-order valence-electron chi connectivity index (χ2n) is 8.66. The fourth-order valence-electron chi connectivity index (χ4n) is 4.36. The molecule has 1 N–H and O–H groups in total. The summed E-state index contributed by atoms with van der Waals surface area (Å²) in [5.74, 6) is 1.17. The molecule has 0 saturated heterocycles. The molecule has 6 nitrogen and oxygen atoms in total. The second kappa shape index (κ2) is 9.57. The van der Waals surface area contributed by atoms with Gasteiger partial charge in [-0.1, -0.05) is 44.2 Å². The van der Waals surface area contributed by atoms with Gasteiger partial charge >= 0.3 is 0 Å². The molecule has 6 heteroatoms. The lowest BCUT2D eigenvalue weighted by Crippen LogP contribution is -2.33. The lowest BCUT2D eigenvalue weighted by atomic mass is 10.0. The van der Waals surface area contributed by atoms with Crippen LogP contribution in [0.25, 0.3) is 21.9 Å². The Hall–Kier alpha value is -3.12. The molecule has 4 rings (SSSR count). The van der Waals surface area contributed by atoms with E-state index in [0.29, 0.717) is 19.4 Å². The number of imidazole rings is 1. The van der Waals surface area contributed by atoms with Crippen LogP contribution in [0.2, 0.25) is 0 Å². The predicted octanol–water partition coefficient (Wildman–Crippen LogP) is 4.62. The van der Waals surface area contributed by atoms with Crippen molar-refractivity contribution < 1.29 is 9.53 Å². The number of methoxy groups -OCH3 is 1. The maximum atomic E-state index is 13.0. The van der Waals surface area contributed by atoms with Gasteiger partial charge in [-0.3, -0.25) is 4.79 Å². The van der Waals surface area contributed by atoms with E-state index in [1.807, 2.05) is 37.4 Å². The van der Waals surface area contributed by atoms with Gasteiger partial charge in [0.25, 0.3) is 0 Å². The fourth-order valence-corrected chi connectivity index (χ4v) is 4.36. The van der Waals surface area contributed by atoms with Gasteiger partial charge in [0.15, 0.2) is 0 Å². The number of carbonyl (C=O) groups excluding carboxylic acids is 1. The number of para-hydroxylation sites is 3. The van der Waals surface area contributed by atoms with Gasteiger partial charge in [0, 0.05) is 44.2 Å². The Morgan fingerprint density at radius 2 is 1.81 bits per heavy atom. The molecule has 0 unspecified atom stereocenters. The van der Waals surface area contributed by atoms with E-state index in [1.165, 1.54) is 16.5 Å². The standard InChI is InChI=1S/C26H32N4O2/c1-18(2)25(26-27-21-10-6-8-12-23(21)29(26)3)28-24(31)14-13-19-17-30(15-16-32-4)22-11-7-5-9-20(19)22/h5-12,17-18,25H,13-16H2,1-4H3,(H,28,31)/t25-/m1/s1. The molecule has 0 fully saturated rings. The zero-order valence-electron chi connectivity index (χ0n) is 19.3. The van der Waals surface area contributed by atoms with Gasteiger partial charge in [-0.05, 0) is 36.1 Å². The lowest BCUT2D eigenvalue weighted by molar-refractivity contribution is -0.122. The number of benzene rings is 2. The first-order valence-electron chi connectivity index (χ1n) is 11.3. The highest BCUT2D eigenvalue weighted by Crippen LogP contribution is 2.26. The quantitative estimate of drug-likeness (QED) is 0.420. The summed E-state index contributed by atoms with van der Waals surface area (Å²) in [5.41, 5.74) is 4.40. The molecule has 1 atom stereocenters. The Balaban J connectivity index is 1.49. The molecule has 4 aromatic rings. The van der Waals surface area contributed by atoms with Crippen LogP contribution >= 0.6 is 0 Å². The van der Waals surface area contributed by atoms with Gasteiger partial charge in [0.05, 0.1) is 23.7 Å². The summed E-state index contributed by atoms with van der Waals surface area (Å²) in [6.45, 7) is 5.69. The van der Waals surface area contributed by atoms with Crippen molar-refractivity contribution in [1.29, 1.82) is 0 Å². The second-order valence-corrected chi connectivity index (χ2v) is 8.66. The number of carbonyl (C=O) groups is 1. The zero-order valence-corrected chi connectivity index (χ0v) is 19.3. The van der Waals surface area contributed by atoms with Crippen molar-refractivity contribution in [3.05, 3.63) is 66.1 Å². The van der Waals surface area contributed by atoms with Crippen LogP contribution in [0.3, 0.4) is 0 Å². The SMILES string of the molecule is COCCn1cc(CCC(=O)N[C@@H](c2nc3ccccc3n2C)C(C)C)c2ccccc21. The lowest BCUT2D eigenvalue weighted by Gasteiger charge is -2.22. The van der Waals surface area contributed by atoms with E-state index in [1.54, 1.807) is 7.11 Å². The number of nitrogens with zero attached hydrogens (tertiary/aromatic N) is 3. The van der Waals surface area contributed by atoms with Crippen molar-refractivity contribution in [3.63, 3.8) is 0 Å². The number of fused-ring (bicyclic) bond motifs is 2. The number of aryl methyl sites for hydroxylation is 2. The summed E-state index contributed by atoms with van der Waals surface area (Å²) in [5, 5.41) is 4.45. The normalized spacial score (nSPS) is 12.7. The zero-order chi connectivity index (χ0) is 22.7. The van der Waals surface area contributed by atoms with Crippen LogP contribution in [0.4, 0.5) is 0 Å². The van der Waals surface area contributed by atoms with Crippen LogP contribution in [-0.4, -0.2) is 33.7 Å². The number of hydrogen-bond acceptors (Lipinski definition) is 3. The minimum atomic E-state index is -0.136. The molecule has 32 heavy (non-hydrogen) atoms. The Morgan fingerprint density at radius 3 is 2.53 bits per heavy atom. The van der Waals surface area contributed by atoms with E-state index in [-0.39, 0.29) is 17.9 Å². The van der Waals surface area contributed by atoms with E-state index >= 15 is 0 Å². The fraction of sp³-hybridized carbons (Fsp3) is 0.385. The number of ether oxygens (including phenoxy) is 1. The Bertz CT molecular complexity index is 1220. The van der Waals surface area contributed by atoms with Crippen molar-refractivity contribution in [3.8, 4) is 0 Å². The monoisotopic (exact) mass is 432 g/mol. The molecule has 2 aromatic heterocycles. The van der Waals surface area contributed by atoms with Crippen LogP contribution in [0.15, 0.2) is 54.7 Å². The number of nitrogens with one attached hydrogen (secondary N) is 1. The Morgan fingerprint density at radius 1 is 1.09 bits per heavy atom. The van der Waals surface area contributed by atoms with E-state index in [2.05, 4.69) is 52.7 Å². The van der Waals surface area contributed by atoms with Gasteiger partial charge < -0.3 is 19.2 Å². The van der Waals surface area contributed by atoms with E-state index in [9.17, 15) is 4.79 Å². The minimum absolute atomic E-state index is 0.0458. The number of rotatable bonds is 9. The maximum Gasteiger partial charge on any atom is 0.220 e. The van der Waals surface area contributed by atoms with Gasteiger partial charge in [-0.2, -0.15) is 0 Å². The van der Waals surface area contributed by atoms with E-state index in [4.69, 9.17) is 9.72 Å². The summed E-state index contributed by atoms with van der Waals surface area (Å²) in [4.78, 5) is 17.8. The molecule has 0 bridgehead atoms. The molecule has 0 radical (unpaired) electrons. The van der Waals surface area contributed by atoms with Gasteiger partial charge in [-0.25, -0.2) is 4.98 Å². The number of aromatic nitrogens is 3. The highest BCUT2D eigenvalue weighted by Gasteiger charge is 2.24. The maximum absolute atomic E-state index is 13.0. The van der Waals surface area contributed by atoms with Crippen molar-refractivity contribution in [1.82, 2.24) is 19.4 Å². The highest BCUT2D eigenvalue weighted by atomic mass is 16.5. The van der Waals surface area contributed by atoms with Crippen molar-refractivity contribution >= 4 is 27.8 Å². The first-order valence-corrected chi connectivity index (χ1v) is 11.3. The van der Waals surface area contributed by atoms with Gasteiger partial charge in [0.1, 0.15) is 5.82 Å². The molecule has 168 valence electrons. The summed E-state index contributed by atoms with van der Waals surface area (Å²) >= 11 is 0. The third-order valence-electron chi connectivity index (χ3n) is 6.11. The molecule has 0 aliphatic carbocycles. The topological polar surface area (TPSA) is 61.1 Å². The summed E-state index contributed by atoms with van der Waals surface area (Å²) in [7, 11) is 3.73. The summed E-state index contributed by atoms with van der Waals surface area (Å²) < 4.78 is 9.55. The predicted molar refractivity (Wildman–Crippen MR) is 129 cm³/mol. The summed E-state index contributed by atoms with van der Waals surface area (Å²) in [6.07, 6.45) is 3.29. The van der Waals surface area contributed by atoms with Crippen LogP contribution in [0, 0.1) is 5.92 Å². The van der Waals surface area contributed by atoms with Gasteiger partial charge in [0.2, 0.25) is 5.91 Å². The molecule has 0 spiro atoms. The highest BCUT2D eigenvalue weighted by molar-refractivity contribution is 5.85. The van der Waals surface area contributed by atoms with Crippen LogP contribution in [0.1, 0.15) is 37.7 Å². The Kier molecular flexibility index (Phi) is 6.61. The van der Waals surface area contributed by atoms with Crippen LogP contribution in [0.5, 0.6) is 0 Å². The molecule has 0 saturated carbocycles.